The SMILES string of the molecule is CCOc1ccc(C[C@@H](NC(=O)CC)C(=O)N[C@@H](Cc2ccccc2F)C(=O)N[C@H](C(=O)N[C@@H](CC(N)=O)C(=O)N[C@@H](CC)C(=O)N2CCC[C@H]2C(=O)N[C@@H](CCCN=C(N)N)C(=O)N[C@@H](CCCN=C(N)N)C(N)=O)C(C)C)cc1. The first kappa shape index (κ1) is 66.7. The lowest BCUT2D eigenvalue weighted by atomic mass is 9.99. The molecule has 0 aliphatic carbocycles. The van der Waals surface area contributed by atoms with Gasteiger partial charge in [0.25, 0.3) is 0 Å². The minimum absolute atomic E-state index is 0.00614. The van der Waals surface area contributed by atoms with E-state index in [0.717, 1.165) is 0 Å². The number of guanidine groups is 2. The molecule has 28 heteroatoms. The van der Waals surface area contributed by atoms with Crippen molar-refractivity contribution in [3.8, 4) is 5.75 Å². The number of hydrogen-bond acceptors (Lipinski definition) is 13. The molecule has 1 heterocycles. The first-order chi connectivity index (χ1) is 38.4. The normalized spacial score (nSPS) is 15.4. The second kappa shape index (κ2) is 33.8. The summed E-state index contributed by atoms with van der Waals surface area (Å²) >= 11 is 0. The van der Waals surface area contributed by atoms with Gasteiger partial charge in [0.1, 0.15) is 59.9 Å². The molecule has 0 aromatic heterocycles. The van der Waals surface area contributed by atoms with E-state index in [1.807, 2.05) is 6.92 Å². The molecule has 19 N–H and O–H groups in total. The number of carbonyl (C=O) groups excluding carboxylic acids is 10. The minimum Gasteiger partial charge on any atom is -0.494 e. The number of nitrogens with one attached hydrogen (secondary N) is 7. The maximum Gasteiger partial charge on any atom is 0.245 e. The highest BCUT2D eigenvalue weighted by molar-refractivity contribution is 5.99. The van der Waals surface area contributed by atoms with E-state index in [1.165, 1.54) is 29.2 Å². The Morgan fingerprint density at radius 1 is 0.642 bits per heavy atom. The molecular weight excluding hydrogens is 1060 g/mol. The molecule has 0 bridgehead atoms. The van der Waals surface area contributed by atoms with Crippen molar-refractivity contribution in [1.29, 1.82) is 0 Å². The molecule has 1 fully saturated rings. The van der Waals surface area contributed by atoms with Gasteiger partial charge in [0.05, 0.1) is 13.0 Å². The van der Waals surface area contributed by atoms with E-state index in [-0.39, 0.29) is 88.5 Å². The van der Waals surface area contributed by atoms with E-state index in [4.69, 9.17) is 39.1 Å². The van der Waals surface area contributed by atoms with Crippen LogP contribution >= 0.6 is 0 Å². The van der Waals surface area contributed by atoms with Gasteiger partial charge in [-0.1, -0.05) is 58.0 Å². The van der Waals surface area contributed by atoms with Crippen LogP contribution in [-0.4, -0.2) is 150 Å². The summed E-state index contributed by atoms with van der Waals surface area (Å²) in [6.45, 7) is 8.85. The van der Waals surface area contributed by atoms with Crippen molar-refractivity contribution in [3.05, 3.63) is 65.5 Å². The van der Waals surface area contributed by atoms with Crippen molar-refractivity contribution in [3.63, 3.8) is 0 Å². The van der Waals surface area contributed by atoms with Crippen molar-refractivity contribution >= 4 is 71.0 Å². The van der Waals surface area contributed by atoms with Crippen molar-refractivity contribution in [2.75, 3.05) is 26.2 Å². The van der Waals surface area contributed by atoms with E-state index in [1.54, 1.807) is 52.0 Å². The van der Waals surface area contributed by atoms with Crippen LogP contribution in [-0.2, 0) is 60.8 Å². The third-order valence-electron chi connectivity index (χ3n) is 13.0. The lowest BCUT2D eigenvalue weighted by molar-refractivity contribution is -0.143. The Morgan fingerprint density at radius 3 is 1.74 bits per heavy atom. The molecule has 0 spiro atoms. The van der Waals surface area contributed by atoms with Crippen molar-refractivity contribution in [2.24, 2.45) is 50.3 Å². The third kappa shape index (κ3) is 22.6. The average Bonchev–Trinajstić information content (AvgIpc) is 3.94. The van der Waals surface area contributed by atoms with Crippen molar-refractivity contribution < 1.29 is 57.1 Å². The van der Waals surface area contributed by atoms with Crippen molar-refractivity contribution in [1.82, 2.24) is 42.1 Å². The highest BCUT2D eigenvalue weighted by Crippen LogP contribution is 2.21. The number of ether oxygens (including phenoxy) is 1. The number of primary amides is 2. The molecule has 1 aliphatic heterocycles. The quantitative estimate of drug-likeness (QED) is 0.0193. The number of nitrogens with zero attached hydrogens (tertiary/aromatic N) is 3. The van der Waals surface area contributed by atoms with Gasteiger partial charge in [-0.05, 0) is 87.1 Å². The van der Waals surface area contributed by atoms with E-state index in [0.29, 0.717) is 24.3 Å². The molecule has 10 amide bonds. The first-order valence-electron chi connectivity index (χ1n) is 26.9. The van der Waals surface area contributed by atoms with Crippen LogP contribution in [0.25, 0.3) is 0 Å². The molecule has 1 saturated heterocycles. The van der Waals surface area contributed by atoms with Crippen LogP contribution in [0, 0.1) is 11.7 Å². The lowest BCUT2D eigenvalue weighted by Crippen LogP contribution is -2.61. The number of carbonyl (C=O) groups is 10. The zero-order valence-electron chi connectivity index (χ0n) is 46.6. The first-order valence-corrected chi connectivity index (χ1v) is 26.9. The third-order valence-corrected chi connectivity index (χ3v) is 13.0. The van der Waals surface area contributed by atoms with Crippen LogP contribution in [0.1, 0.15) is 104 Å². The number of benzene rings is 2. The van der Waals surface area contributed by atoms with Gasteiger partial charge in [0.2, 0.25) is 59.1 Å². The maximum atomic E-state index is 15.2. The van der Waals surface area contributed by atoms with Crippen molar-refractivity contribution in [2.45, 2.75) is 154 Å². The summed E-state index contributed by atoms with van der Waals surface area (Å²) in [6.07, 6.45) is -0.131. The Kier molecular flexibility index (Phi) is 27.8. The fourth-order valence-electron chi connectivity index (χ4n) is 8.67. The number of aliphatic imine (C=N–C) groups is 2. The summed E-state index contributed by atoms with van der Waals surface area (Å²) in [6, 6.07) is 1.61. The molecule has 2 aromatic carbocycles. The predicted molar refractivity (Wildman–Crippen MR) is 298 cm³/mol. The van der Waals surface area contributed by atoms with Gasteiger partial charge in [-0.15, -0.1) is 0 Å². The van der Waals surface area contributed by atoms with Crippen LogP contribution in [0.5, 0.6) is 5.75 Å². The smallest absolute Gasteiger partial charge is 0.245 e. The predicted octanol–water partition coefficient (Wildman–Crippen LogP) is -2.66. The Balaban J connectivity index is 1.84. The van der Waals surface area contributed by atoms with Gasteiger partial charge in [-0.25, -0.2) is 4.39 Å². The van der Waals surface area contributed by atoms with Crippen LogP contribution in [0.4, 0.5) is 4.39 Å². The second-order valence-electron chi connectivity index (χ2n) is 19.7. The molecule has 0 unspecified atom stereocenters. The van der Waals surface area contributed by atoms with Gasteiger partial charge in [0, 0.05) is 38.9 Å². The molecule has 3 rings (SSSR count). The highest BCUT2D eigenvalue weighted by Gasteiger charge is 2.40. The fourth-order valence-corrected chi connectivity index (χ4v) is 8.67. The van der Waals surface area contributed by atoms with E-state index >= 15 is 4.39 Å². The second-order valence-corrected chi connectivity index (χ2v) is 19.7. The van der Waals surface area contributed by atoms with E-state index in [9.17, 15) is 47.9 Å². The molecular formula is C53H81FN16O11. The largest absolute Gasteiger partial charge is 0.494 e. The number of halogens is 1. The Bertz CT molecular complexity index is 2560. The minimum atomic E-state index is -1.71. The van der Waals surface area contributed by atoms with Crippen LogP contribution in [0.3, 0.4) is 0 Å². The lowest BCUT2D eigenvalue weighted by Gasteiger charge is -2.31. The zero-order chi connectivity index (χ0) is 60.3. The Hall–Kier alpha value is -8.59. The topological polar surface area (TPSA) is 448 Å². The number of amides is 10. The Morgan fingerprint density at radius 2 is 1.19 bits per heavy atom. The van der Waals surface area contributed by atoms with E-state index in [2.05, 4.69) is 47.2 Å². The summed E-state index contributed by atoms with van der Waals surface area (Å²) < 4.78 is 20.7. The van der Waals surface area contributed by atoms with Gasteiger partial charge in [0.15, 0.2) is 11.9 Å². The summed E-state index contributed by atoms with van der Waals surface area (Å²) in [7, 11) is 0. The van der Waals surface area contributed by atoms with Gasteiger partial charge >= 0.3 is 0 Å². The molecule has 0 radical (unpaired) electrons. The molecule has 8 atom stereocenters. The zero-order valence-corrected chi connectivity index (χ0v) is 46.6. The number of likely N-dealkylation sites (tertiary alicyclic amines) is 1. The molecule has 0 saturated carbocycles. The van der Waals surface area contributed by atoms with Gasteiger partial charge < -0.3 is 81.3 Å². The molecule has 81 heavy (non-hydrogen) atoms. The summed E-state index contributed by atoms with van der Waals surface area (Å²) in [4.78, 5) is 145. The molecule has 1 aliphatic rings. The number of rotatable bonds is 34. The van der Waals surface area contributed by atoms with Crippen LogP contribution in [0.2, 0.25) is 0 Å². The van der Waals surface area contributed by atoms with Crippen LogP contribution in [0.15, 0.2) is 58.5 Å². The summed E-state index contributed by atoms with van der Waals surface area (Å²) in [5.41, 5.74) is 33.5. The molecule has 27 nitrogen and oxygen atoms in total. The number of hydrogen-bond donors (Lipinski definition) is 13. The van der Waals surface area contributed by atoms with Crippen LogP contribution < -0.4 is 76.4 Å². The van der Waals surface area contributed by atoms with Gasteiger partial charge in [-0.3, -0.25) is 57.9 Å². The maximum absolute atomic E-state index is 15.2. The monoisotopic (exact) mass is 1140 g/mol. The van der Waals surface area contributed by atoms with Gasteiger partial charge in [-0.2, -0.15) is 0 Å². The average molecular weight is 1140 g/mol. The Labute approximate surface area is 470 Å². The summed E-state index contributed by atoms with van der Waals surface area (Å²) in [5, 5.41) is 18.1. The van der Waals surface area contributed by atoms with E-state index < -0.39 is 132 Å². The highest BCUT2D eigenvalue weighted by atomic mass is 19.1. The standard InChI is InChI=1S/C53H81FN16O11/c1-6-34(51(80)70-25-13-18-40(70)49(78)66-36(17-12-24-62-53(59)60)45(74)65-35(44(56)73)16-11-23-61-52(57)58)64-47(76)39(28-41(55)71)68-50(79)43(29(4)5)69-48(77)38(27-31-14-9-10-15-33(31)54)67-46(75)37(63-42(72)7-2)26-30-19-21-32(22-20-30)81-8-3/h9-10,14-15,19-22,29,34-40,43H,6-8,11-13,16-18,23-28H2,1-5H3,(H2,55,71)(H2,56,73)(H,63,72)(H,64,76)(H,65,74)(H,66,78)(H,67,75)(H,68,79)(H,69,77)(H4,57,58,61)(H4,59,60,62)/t34-,35-,36-,37+,38-,39-,40-,43-/m0/s1. The molecule has 2 aromatic rings. The number of nitrogens with two attached hydrogens (primary N) is 6. The molecule has 446 valence electrons. The fraction of sp³-hybridized carbons (Fsp3) is 0.547. The summed E-state index contributed by atoms with van der Waals surface area (Å²) in [5.74, 6) is -9.44.